The summed E-state index contributed by atoms with van der Waals surface area (Å²) in [6, 6.07) is 5.94. The molecule has 0 unspecified atom stereocenters. The summed E-state index contributed by atoms with van der Waals surface area (Å²) in [7, 11) is 0. The molecule has 1 aliphatic heterocycles. The van der Waals surface area contributed by atoms with Gasteiger partial charge in [-0.3, -0.25) is 4.79 Å². The normalized spacial score (nSPS) is 18.2. The second kappa shape index (κ2) is 5.17. The third-order valence-corrected chi connectivity index (χ3v) is 3.45. The average Bonchev–Trinajstić information content (AvgIpc) is 3.05. The molecule has 2 aromatic rings. The van der Waals surface area contributed by atoms with Crippen LogP contribution in [0.25, 0.3) is 5.69 Å². The first-order valence-electron chi connectivity index (χ1n) is 6.57. The van der Waals surface area contributed by atoms with Crippen LogP contribution in [0, 0.1) is 5.82 Å². The van der Waals surface area contributed by atoms with E-state index in [1.807, 2.05) is 0 Å². The maximum absolute atomic E-state index is 13.7. The summed E-state index contributed by atoms with van der Waals surface area (Å²) in [5.74, 6) is -1.29. The first kappa shape index (κ1) is 13.6. The maximum atomic E-state index is 13.7. The lowest BCUT2D eigenvalue weighted by atomic mass is 10.3. The second-order valence-corrected chi connectivity index (χ2v) is 4.95. The van der Waals surface area contributed by atoms with Crippen molar-refractivity contribution >= 4 is 5.91 Å². The third kappa shape index (κ3) is 2.47. The van der Waals surface area contributed by atoms with Crippen LogP contribution in [0.3, 0.4) is 0 Å². The monoisotopic (exact) mass is 291 g/mol. The van der Waals surface area contributed by atoms with Crippen LogP contribution in [-0.2, 0) is 0 Å². The van der Waals surface area contributed by atoms with Crippen LogP contribution in [0.2, 0.25) is 0 Å². The van der Waals surface area contributed by atoms with Gasteiger partial charge in [0.25, 0.3) is 5.91 Å². The molecule has 2 heterocycles. The molecule has 7 heteroatoms. The van der Waals surface area contributed by atoms with E-state index < -0.39 is 17.8 Å². The first-order valence-corrected chi connectivity index (χ1v) is 6.57. The predicted octanol–water partition coefficient (Wildman–Crippen LogP) is 0.924. The third-order valence-electron chi connectivity index (χ3n) is 3.45. The van der Waals surface area contributed by atoms with Crippen molar-refractivity contribution in [1.29, 1.82) is 0 Å². The summed E-state index contributed by atoms with van der Waals surface area (Å²) in [5.41, 5.74) is 0.000611. The lowest BCUT2D eigenvalue weighted by Gasteiger charge is -2.13. The highest BCUT2D eigenvalue weighted by Crippen LogP contribution is 2.22. The summed E-state index contributed by atoms with van der Waals surface area (Å²) in [5, 5.41) is 23.3. The Labute approximate surface area is 120 Å². The number of hydrogen-bond acceptors (Lipinski definition) is 4. The van der Waals surface area contributed by atoms with E-state index in [1.54, 1.807) is 12.1 Å². The quantitative estimate of drug-likeness (QED) is 0.862. The molecule has 1 atom stereocenters. The van der Waals surface area contributed by atoms with Gasteiger partial charge in [0.1, 0.15) is 11.5 Å². The van der Waals surface area contributed by atoms with E-state index in [-0.39, 0.29) is 23.7 Å². The lowest BCUT2D eigenvalue weighted by Crippen LogP contribution is -2.30. The number of amides is 1. The van der Waals surface area contributed by atoms with Gasteiger partial charge in [0.15, 0.2) is 11.4 Å². The van der Waals surface area contributed by atoms with Crippen molar-refractivity contribution in [3.63, 3.8) is 0 Å². The molecule has 110 valence electrons. The molecule has 1 aliphatic rings. The molecular formula is C14H14FN3O3. The van der Waals surface area contributed by atoms with Crippen LogP contribution >= 0.6 is 0 Å². The topological polar surface area (TPSA) is 78.6 Å². The summed E-state index contributed by atoms with van der Waals surface area (Å²) >= 11 is 0. The van der Waals surface area contributed by atoms with E-state index in [2.05, 4.69) is 5.10 Å². The molecule has 0 spiro atoms. The van der Waals surface area contributed by atoms with Crippen molar-refractivity contribution in [1.82, 2.24) is 14.7 Å². The summed E-state index contributed by atoms with van der Waals surface area (Å²) in [6.07, 6.45) is 1.14. The Kier molecular flexibility index (Phi) is 3.34. The zero-order chi connectivity index (χ0) is 15.0. The molecule has 1 saturated heterocycles. The number of hydrogen-bond donors (Lipinski definition) is 2. The molecule has 3 rings (SSSR count). The maximum Gasteiger partial charge on any atom is 0.278 e. The van der Waals surface area contributed by atoms with Gasteiger partial charge in [-0.15, -0.1) is 0 Å². The molecule has 0 aliphatic carbocycles. The summed E-state index contributed by atoms with van der Waals surface area (Å²) in [6.45, 7) is 0.622. The zero-order valence-corrected chi connectivity index (χ0v) is 11.1. The second-order valence-electron chi connectivity index (χ2n) is 4.95. The number of aromatic nitrogens is 2. The van der Waals surface area contributed by atoms with Gasteiger partial charge in [0.2, 0.25) is 0 Å². The van der Waals surface area contributed by atoms with Crippen molar-refractivity contribution in [2.24, 2.45) is 0 Å². The number of likely N-dealkylation sites (tertiary alicyclic amines) is 1. The molecule has 21 heavy (non-hydrogen) atoms. The van der Waals surface area contributed by atoms with Crippen molar-refractivity contribution in [2.45, 2.75) is 12.5 Å². The molecule has 0 bridgehead atoms. The van der Waals surface area contributed by atoms with Crippen LogP contribution in [-0.4, -0.2) is 50.0 Å². The highest BCUT2D eigenvalue weighted by atomic mass is 19.1. The van der Waals surface area contributed by atoms with Crippen LogP contribution < -0.4 is 0 Å². The van der Waals surface area contributed by atoms with E-state index in [9.17, 15) is 19.4 Å². The minimum Gasteiger partial charge on any atom is -0.504 e. The molecule has 1 amide bonds. The number of carbonyl (C=O) groups excluding carboxylic acids is 1. The predicted molar refractivity (Wildman–Crippen MR) is 71.7 cm³/mol. The largest absolute Gasteiger partial charge is 0.504 e. The van der Waals surface area contributed by atoms with Crippen LogP contribution in [0.1, 0.15) is 16.9 Å². The number of para-hydroxylation sites is 1. The summed E-state index contributed by atoms with van der Waals surface area (Å²) in [4.78, 5) is 13.6. The van der Waals surface area contributed by atoms with Crippen LogP contribution in [0.15, 0.2) is 30.5 Å². The minimum absolute atomic E-state index is 0.146. The van der Waals surface area contributed by atoms with E-state index in [4.69, 9.17) is 0 Å². The fraction of sp³-hybridized carbons (Fsp3) is 0.286. The van der Waals surface area contributed by atoms with Gasteiger partial charge in [-0.25, -0.2) is 9.07 Å². The fourth-order valence-corrected chi connectivity index (χ4v) is 2.35. The molecule has 1 aromatic heterocycles. The highest BCUT2D eigenvalue weighted by molar-refractivity contribution is 5.95. The van der Waals surface area contributed by atoms with Crippen molar-refractivity contribution in [3.8, 4) is 11.4 Å². The highest BCUT2D eigenvalue weighted by Gasteiger charge is 2.29. The Morgan fingerprint density at radius 2 is 2.14 bits per heavy atom. The standard InChI is InChI=1S/C14H14FN3O3/c15-10-3-1-2-4-11(10)18-8-12(20)13(16-18)14(21)17-6-5-9(19)7-17/h1-4,8-9,19-20H,5-7H2/t9-/m1/s1. The van der Waals surface area contributed by atoms with Crippen molar-refractivity contribution in [2.75, 3.05) is 13.1 Å². The van der Waals surface area contributed by atoms with Crippen LogP contribution in [0.5, 0.6) is 5.75 Å². The Bertz CT molecular complexity index is 686. The number of aliphatic hydroxyl groups excluding tert-OH is 1. The van der Waals surface area contributed by atoms with Gasteiger partial charge in [-0.05, 0) is 18.6 Å². The molecule has 0 radical (unpaired) electrons. The SMILES string of the molecule is O=C(c1nn(-c2ccccc2F)cc1O)N1CC[C@@H](O)C1. The number of aromatic hydroxyl groups is 1. The Hall–Kier alpha value is -2.41. The molecule has 1 fully saturated rings. The lowest BCUT2D eigenvalue weighted by molar-refractivity contribution is 0.0756. The van der Waals surface area contributed by atoms with Gasteiger partial charge >= 0.3 is 0 Å². The number of benzene rings is 1. The number of halogens is 1. The fourth-order valence-electron chi connectivity index (χ4n) is 2.35. The van der Waals surface area contributed by atoms with Gasteiger partial charge < -0.3 is 15.1 Å². The van der Waals surface area contributed by atoms with E-state index in [1.165, 1.54) is 23.2 Å². The van der Waals surface area contributed by atoms with E-state index in [0.29, 0.717) is 13.0 Å². The van der Waals surface area contributed by atoms with Crippen molar-refractivity contribution < 1.29 is 19.4 Å². The smallest absolute Gasteiger partial charge is 0.278 e. The molecule has 1 aromatic carbocycles. The number of rotatable bonds is 2. The first-order chi connectivity index (χ1) is 10.1. The van der Waals surface area contributed by atoms with E-state index >= 15 is 0 Å². The van der Waals surface area contributed by atoms with Crippen LogP contribution in [0.4, 0.5) is 4.39 Å². The average molecular weight is 291 g/mol. The van der Waals surface area contributed by atoms with Gasteiger partial charge in [0, 0.05) is 13.1 Å². The number of β-amino-alcohol motifs (C(OH)–C–C–N with tert-alkyl or cyclic N) is 1. The number of nitrogens with zero attached hydrogens (tertiary/aromatic N) is 3. The Morgan fingerprint density at radius 1 is 1.38 bits per heavy atom. The summed E-state index contributed by atoms with van der Waals surface area (Å²) < 4.78 is 14.8. The van der Waals surface area contributed by atoms with Gasteiger partial charge in [-0.1, -0.05) is 12.1 Å². The Morgan fingerprint density at radius 3 is 2.81 bits per heavy atom. The molecular weight excluding hydrogens is 277 g/mol. The van der Waals surface area contributed by atoms with Gasteiger partial charge in [0.05, 0.1) is 12.3 Å². The molecule has 6 nitrogen and oxygen atoms in total. The number of aliphatic hydroxyl groups is 1. The molecule has 0 saturated carbocycles. The Balaban J connectivity index is 1.92. The zero-order valence-electron chi connectivity index (χ0n) is 11.1. The van der Waals surface area contributed by atoms with Gasteiger partial charge in [-0.2, -0.15) is 5.10 Å². The minimum atomic E-state index is -0.551. The van der Waals surface area contributed by atoms with E-state index in [0.717, 1.165) is 4.68 Å². The van der Waals surface area contributed by atoms with Crippen molar-refractivity contribution in [3.05, 3.63) is 42.0 Å². The molecule has 2 N–H and O–H groups in total. The number of carbonyl (C=O) groups is 1.